The standard InChI is InChI=1S/C11H13F3N2O5S2/c12-11(13,14)7(4-6-2-1-3-21-6)16-23(19,20)10-8(9(17)18)15-5-22-10/h5-7,16H,1-4H2,(H,17,18). The maximum absolute atomic E-state index is 13.1. The third-order valence-electron chi connectivity index (χ3n) is 3.20. The minimum atomic E-state index is -4.83. The van der Waals surface area contributed by atoms with Gasteiger partial charge in [0.2, 0.25) is 0 Å². The van der Waals surface area contributed by atoms with Gasteiger partial charge in [-0.15, -0.1) is 11.3 Å². The van der Waals surface area contributed by atoms with Crippen molar-refractivity contribution in [2.24, 2.45) is 0 Å². The summed E-state index contributed by atoms with van der Waals surface area (Å²) >= 11 is 0.439. The van der Waals surface area contributed by atoms with Crippen LogP contribution in [0.2, 0.25) is 0 Å². The van der Waals surface area contributed by atoms with Crippen molar-refractivity contribution >= 4 is 27.3 Å². The lowest BCUT2D eigenvalue weighted by Gasteiger charge is -2.23. The maximum atomic E-state index is 13.1. The first-order valence-corrected chi connectivity index (χ1v) is 8.85. The summed E-state index contributed by atoms with van der Waals surface area (Å²) in [4.78, 5) is 14.2. The van der Waals surface area contributed by atoms with Crippen LogP contribution in [0.1, 0.15) is 29.8 Å². The Morgan fingerprint density at radius 3 is 2.78 bits per heavy atom. The molecule has 2 heterocycles. The van der Waals surface area contributed by atoms with Gasteiger partial charge in [-0.3, -0.25) is 0 Å². The van der Waals surface area contributed by atoms with Crippen molar-refractivity contribution in [3.05, 3.63) is 11.2 Å². The van der Waals surface area contributed by atoms with Crippen LogP contribution in [0.25, 0.3) is 0 Å². The van der Waals surface area contributed by atoms with E-state index < -0.39 is 50.6 Å². The summed E-state index contributed by atoms with van der Waals surface area (Å²) in [5.74, 6) is -1.63. The van der Waals surface area contributed by atoms with Crippen LogP contribution in [0.15, 0.2) is 9.72 Å². The highest BCUT2D eigenvalue weighted by molar-refractivity contribution is 7.91. The Bertz CT molecular complexity index is 667. The number of aromatic nitrogens is 1. The van der Waals surface area contributed by atoms with Gasteiger partial charge in [0, 0.05) is 6.61 Å². The van der Waals surface area contributed by atoms with Gasteiger partial charge in [0.05, 0.1) is 11.6 Å². The van der Waals surface area contributed by atoms with Gasteiger partial charge in [0.15, 0.2) is 9.90 Å². The minimum Gasteiger partial charge on any atom is -0.476 e. The number of halogens is 3. The Balaban J connectivity index is 2.23. The van der Waals surface area contributed by atoms with E-state index >= 15 is 0 Å². The Hall–Kier alpha value is -1.24. The molecule has 1 aromatic heterocycles. The highest BCUT2D eigenvalue weighted by Gasteiger charge is 2.44. The molecule has 2 rings (SSSR count). The quantitative estimate of drug-likeness (QED) is 0.784. The molecule has 2 atom stereocenters. The Labute approximate surface area is 133 Å². The first-order valence-electron chi connectivity index (χ1n) is 6.48. The van der Waals surface area contributed by atoms with Crippen LogP contribution < -0.4 is 4.72 Å². The fraction of sp³-hybridized carbons (Fsp3) is 0.636. The van der Waals surface area contributed by atoms with Gasteiger partial charge < -0.3 is 9.84 Å². The minimum absolute atomic E-state index is 0.333. The van der Waals surface area contributed by atoms with E-state index in [1.165, 1.54) is 4.72 Å². The predicted molar refractivity (Wildman–Crippen MR) is 72.8 cm³/mol. The molecule has 0 amide bonds. The molecule has 0 bridgehead atoms. The lowest BCUT2D eigenvalue weighted by molar-refractivity contribution is -0.157. The van der Waals surface area contributed by atoms with E-state index in [2.05, 4.69) is 4.98 Å². The molecule has 0 radical (unpaired) electrons. The number of carboxylic acid groups (broad SMARTS) is 1. The molecular weight excluding hydrogens is 361 g/mol. The van der Waals surface area contributed by atoms with E-state index in [1.54, 1.807) is 0 Å². The summed E-state index contributed by atoms with van der Waals surface area (Å²) in [6.45, 7) is 0.333. The van der Waals surface area contributed by atoms with Crippen LogP contribution in [-0.4, -0.2) is 49.4 Å². The van der Waals surface area contributed by atoms with Gasteiger partial charge >= 0.3 is 12.1 Å². The molecule has 1 aromatic rings. The summed E-state index contributed by atoms with van der Waals surface area (Å²) < 4.78 is 69.4. The van der Waals surface area contributed by atoms with E-state index in [0.717, 1.165) is 5.51 Å². The topological polar surface area (TPSA) is 106 Å². The first kappa shape index (κ1) is 18.1. The van der Waals surface area contributed by atoms with E-state index in [0.29, 0.717) is 30.8 Å². The van der Waals surface area contributed by atoms with Crippen molar-refractivity contribution in [2.75, 3.05) is 6.61 Å². The molecule has 2 unspecified atom stereocenters. The van der Waals surface area contributed by atoms with Gasteiger partial charge in [0.1, 0.15) is 6.04 Å². The number of hydrogen-bond donors (Lipinski definition) is 2. The number of hydrogen-bond acceptors (Lipinski definition) is 6. The first-order chi connectivity index (χ1) is 10.6. The van der Waals surface area contributed by atoms with E-state index in [1.807, 2.05) is 0 Å². The van der Waals surface area contributed by atoms with Crippen molar-refractivity contribution in [1.29, 1.82) is 0 Å². The number of carboxylic acids is 1. The number of sulfonamides is 1. The predicted octanol–water partition coefficient (Wildman–Crippen LogP) is 1.62. The number of rotatable bonds is 6. The second-order valence-electron chi connectivity index (χ2n) is 4.88. The van der Waals surface area contributed by atoms with Crippen LogP contribution in [0.4, 0.5) is 13.2 Å². The van der Waals surface area contributed by atoms with Crippen molar-refractivity contribution in [3.63, 3.8) is 0 Å². The van der Waals surface area contributed by atoms with Crippen molar-refractivity contribution in [2.45, 2.75) is 41.8 Å². The van der Waals surface area contributed by atoms with Gasteiger partial charge in [-0.05, 0) is 19.3 Å². The van der Waals surface area contributed by atoms with E-state index in [-0.39, 0.29) is 0 Å². The summed E-state index contributed by atoms with van der Waals surface area (Å²) in [6, 6.07) is -2.36. The number of carbonyl (C=O) groups is 1. The number of nitrogens with zero attached hydrogens (tertiary/aromatic N) is 1. The summed E-state index contributed by atoms with van der Waals surface area (Å²) in [5.41, 5.74) is 0.140. The Morgan fingerprint density at radius 2 is 2.26 bits per heavy atom. The molecule has 1 aliphatic rings. The molecule has 2 N–H and O–H groups in total. The second-order valence-corrected chi connectivity index (χ2v) is 7.64. The van der Waals surface area contributed by atoms with Gasteiger partial charge in [-0.25, -0.2) is 18.2 Å². The summed E-state index contributed by atoms with van der Waals surface area (Å²) in [6.07, 6.45) is -5.06. The van der Waals surface area contributed by atoms with Crippen LogP contribution in [0, 0.1) is 0 Å². The molecule has 0 aromatic carbocycles. The fourth-order valence-electron chi connectivity index (χ4n) is 2.15. The van der Waals surface area contributed by atoms with Crippen molar-refractivity contribution in [3.8, 4) is 0 Å². The van der Waals surface area contributed by atoms with Crippen LogP contribution in [0.3, 0.4) is 0 Å². The van der Waals surface area contributed by atoms with Crippen LogP contribution >= 0.6 is 11.3 Å². The van der Waals surface area contributed by atoms with Gasteiger partial charge in [-0.1, -0.05) is 0 Å². The smallest absolute Gasteiger partial charge is 0.404 e. The Morgan fingerprint density at radius 1 is 1.57 bits per heavy atom. The highest BCUT2D eigenvalue weighted by Crippen LogP contribution is 2.29. The molecule has 1 saturated heterocycles. The van der Waals surface area contributed by atoms with Gasteiger partial charge in [0.25, 0.3) is 10.0 Å². The molecule has 1 aliphatic heterocycles. The van der Waals surface area contributed by atoms with E-state index in [9.17, 15) is 26.4 Å². The third-order valence-corrected chi connectivity index (χ3v) is 6.04. The number of alkyl halides is 3. The molecule has 0 aliphatic carbocycles. The summed E-state index contributed by atoms with van der Waals surface area (Å²) in [5, 5.41) is 8.85. The molecule has 0 saturated carbocycles. The third kappa shape index (κ3) is 4.40. The normalized spacial score (nSPS) is 20.6. The van der Waals surface area contributed by atoms with Crippen molar-refractivity contribution < 1.29 is 36.2 Å². The second kappa shape index (κ2) is 6.71. The number of nitrogens with one attached hydrogen (secondary N) is 1. The molecule has 12 heteroatoms. The van der Waals surface area contributed by atoms with Gasteiger partial charge in [-0.2, -0.15) is 17.9 Å². The number of aromatic carboxylic acids is 1. The highest BCUT2D eigenvalue weighted by atomic mass is 32.2. The largest absolute Gasteiger partial charge is 0.476 e. The average Bonchev–Trinajstić information content (AvgIpc) is 3.07. The average molecular weight is 374 g/mol. The molecule has 130 valence electrons. The zero-order chi connectivity index (χ0) is 17.3. The zero-order valence-corrected chi connectivity index (χ0v) is 13.2. The molecule has 0 spiro atoms. The van der Waals surface area contributed by atoms with Crippen molar-refractivity contribution in [1.82, 2.24) is 9.71 Å². The molecule has 23 heavy (non-hydrogen) atoms. The zero-order valence-electron chi connectivity index (χ0n) is 11.5. The molecular formula is C11H13F3N2O5S2. The SMILES string of the molecule is O=C(O)c1ncsc1S(=O)(=O)NC(CC1CCCO1)C(F)(F)F. The fourth-order valence-corrected chi connectivity index (χ4v) is 4.54. The Kier molecular flexibility index (Phi) is 5.28. The molecule has 1 fully saturated rings. The lowest BCUT2D eigenvalue weighted by atomic mass is 10.1. The van der Waals surface area contributed by atoms with Crippen LogP contribution in [0.5, 0.6) is 0 Å². The summed E-state index contributed by atoms with van der Waals surface area (Å²) in [7, 11) is -4.67. The lowest BCUT2D eigenvalue weighted by Crippen LogP contribution is -2.47. The number of ether oxygens (including phenoxy) is 1. The van der Waals surface area contributed by atoms with Crippen LogP contribution in [-0.2, 0) is 14.8 Å². The van der Waals surface area contributed by atoms with E-state index in [4.69, 9.17) is 9.84 Å². The number of thiazole rings is 1. The maximum Gasteiger partial charge on any atom is 0.404 e. The molecule has 7 nitrogen and oxygen atoms in total. The monoisotopic (exact) mass is 374 g/mol.